The lowest BCUT2D eigenvalue weighted by molar-refractivity contribution is -0.121. The first-order valence-electron chi connectivity index (χ1n) is 7.12. The summed E-state index contributed by atoms with van der Waals surface area (Å²) in [5.41, 5.74) is 6.31. The van der Waals surface area contributed by atoms with E-state index in [1.165, 1.54) is 0 Å². The topological polar surface area (TPSA) is 70.1 Å². The Bertz CT molecular complexity index is 879. The van der Waals surface area contributed by atoms with Crippen LogP contribution in [0.3, 0.4) is 0 Å². The molecule has 22 heavy (non-hydrogen) atoms. The highest BCUT2D eigenvalue weighted by molar-refractivity contribution is 7.13. The molecule has 0 saturated carbocycles. The van der Waals surface area contributed by atoms with Crippen LogP contribution in [0.4, 0.5) is 0 Å². The highest BCUT2D eigenvalue weighted by atomic mass is 32.1. The third-order valence-electron chi connectivity index (χ3n) is 3.80. The van der Waals surface area contributed by atoms with Crippen LogP contribution in [0.1, 0.15) is 18.9 Å². The van der Waals surface area contributed by atoms with E-state index in [9.17, 15) is 4.79 Å². The van der Waals surface area contributed by atoms with E-state index < -0.39 is 0 Å². The number of amides is 1. The minimum absolute atomic E-state index is 0.0373. The van der Waals surface area contributed by atoms with E-state index in [0.717, 1.165) is 33.0 Å². The van der Waals surface area contributed by atoms with Gasteiger partial charge in [-0.25, -0.2) is 10.4 Å². The van der Waals surface area contributed by atoms with Crippen molar-refractivity contribution in [2.24, 2.45) is 11.0 Å². The molecule has 0 fully saturated rings. The van der Waals surface area contributed by atoms with Crippen molar-refractivity contribution in [3.8, 4) is 10.7 Å². The quantitative estimate of drug-likeness (QED) is 0.763. The standard InChI is InChI=1S/C16H14N4OS/c1-9-8-13(21)19-20-14(9)10-4-2-5-11-15(10)18-16(17-11)12-6-3-7-22-12/h2-7,9H,8H2,1H3,(H,17,18)(H,19,21). The fourth-order valence-corrected chi connectivity index (χ4v) is 3.42. The monoisotopic (exact) mass is 310 g/mol. The normalized spacial score (nSPS) is 18.3. The van der Waals surface area contributed by atoms with Crippen LogP contribution < -0.4 is 5.43 Å². The van der Waals surface area contributed by atoms with Gasteiger partial charge in [0, 0.05) is 17.9 Å². The maximum Gasteiger partial charge on any atom is 0.240 e. The average molecular weight is 310 g/mol. The molecule has 5 nitrogen and oxygen atoms in total. The summed E-state index contributed by atoms with van der Waals surface area (Å²) in [6.07, 6.45) is 0.456. The van der Waals surface area contributed by atoms with Crippen LogP contribution >= 0.6 is 11.3 Å². The number of hydrazone groups is 1. The third-order valence-corrected chi connectivity index (χ3v) is 4.68. The summed E-state index contributed by atoms with van der Waals surface area (Å²) in [7, 11) is 0. The Balaban J connectivity index is 1.87. The van der Waals surface area contributed by atoms with E-state index in [1.807, 2.05) is 42.6 Å². The van der Waals surface area contributed by atoms with Gasteiger partial charge in [-0.2, -0.15) is 5.10 Å². The molecule has 1 unspecified atom stereocenters. The van der Waals surface area contributed by atoms with Crippen LogP contribution in [-0.2, 0) is 4.79 Å². The Hall–Kier alpha value is -2.47. The number of para-hydroxylation sites is 1. The first-order chi connectivity index (χ1) is 10.7. The van der Waals surface area contributed by atoms with E-state index in [-0.39, 0.29) is 11.8 Å². The molecule has 0 bridgehead atoms. The lowest BCUT2D eigenvalue weighted by atomic mass is 9.93. The summed E-state index contributed by atoms with van der Waals surface area (Å²) in [5, 5.41) is 6.28. The van der Waals surface area contributed by atoms with Crippen LogP contribution in [0.2, 0.25) is 0 Å². The first-order valence-corrected chi connectivity index (χ1v) is 8.00. The van der Waals surface area contributed by atoms with Crippen molar-refractivity contribution < 1.29 is 4.79 Å². The molecule has 1 aliphatic heterocycles. The van der Waals surface area contributed by atoms with Gasteiger partial charge >= 0.3 is 0 Å². The molecule has 1 atom stereocenters. The molecule has 1 aliphatic rings. The zero-order chi connectivity index (χ0) is 15.1. The van der Waals surface area contributed by atoms with Crippen molar-refractivity contribution in [2.45, 2.75) is 13.3 Å². The second-order valence-electron chi connectivity index (χ2n) is 5.40. The number of carbonyl (C=O) groups excluding carboxylic acids is 1. The summed E-state index contributed by atoms with van der Waals surface area (Å²) in [4.78, 5) is 20.6. The summed E-state index contributed by atoms with van der Waals surface area (Å²) < 4.78 is 0. The lowest BCUT2D eigenvalue weighted by Crippen LogP contribution is -2.32. The van der Waals surface area contributed by atoms with Crippen LogP contribution in [0.15, 0.2) is 40.8 Å². The molecule has 0 radical (unpaired) electrons. The molecule has 4 rings (SSSR count). The molecule has 1 amide bonds. The van der Waals surface area contributed by atoms with Gasteiger partial charge in [0.2, 0.25) is 5.91 Å². The van der Waals surface area contributed by atoms with Gasteiger partial charge in [0.1, 0.15) is 5.82 Å². The summed E-state index contributed by atoms with van der Waals surface area (Å²) in [5.74, 6) is 0.913. The van der Waals surface area contributed by atoms with Crippen LogP contribution in [0.5, 0.6) is 0 Å². The van der Waals surface area contributed by atoms with Crippen LogP contribution in [0.25, 0.3) is 21.7 Å². The Kier molecular flexibility index (Phi) is 3.04. The number of nitrogens with one attached hydrogen (secondary N) is 2. The molecule has 6 heteroatoms. The minimum atomic E-state index is -0.0373. The Morgan fingerprint density at radius 1 is 1.27 bits per heavy atom. The van der Waals surface area contributed by atoms with Gasteiger partial charge in [0.25, 0.3) is 0 Å². The number of thiophene rings is 1. The number of rotatable bonds is 2. The number of hydrogen-bond acceptors (Lipinski definition) is 4. The van der Waals surface area contributed by atoms with Crippen molar-refractivity contribution in [3.63, 3.8) is 0 Å². The van der Waals surface area contributed by atoms with Crippen molar-refractivity contribution >= 4 is 34.0 Å². The molecular weight excluding hydrogens is 296 g/mol. The number of H-pyrrole nitrogens is 1. The second-order valence-corrected chi connectivity index (χ2v) is 6.35. The fraction of sp³-hybridized carbons (Fsp3) is 0.188. The van der Waals surface area contributed by atoms with E-state index in [0.29, 0.717) is 6.42 Å². The van der Waals surface area contributed by atoms with Crippen LogP contribution in [0, 0.1) is 5.92 Å². The van der Waals surface area contributed by atoms with Crippen molar-refractivity contribution in [2.75, 3.05) is 0 Å². The predicted octanol–water partition coefficient (Wildman–Crippen LogP) is 3.15. The van der Waals surface area contributed by atoms with Crippen molar-refractivity contribution in [1.82, 2.24) is 15.4 Å². The first kappa shape index (κ1) is 13.2. The van der Waals surface area contributed by atoms with Gasteiger partial charge in [-0.3, -0.25) is 4.79 Å². The number of carbonyl (C=O) groups is 1. The van der Waals surface area contributed by atoms with Gasteiger partial charge in [0.15, 0.2) is 0 Å². The molecule has 2 N–H and O–H groups in total. The maximum atomic E-state index is 11.4. The van der Waals surface area contributed by atoms with E-state index in [4.69, 9.17) is 4.98 Å². The summed E-state index contributed by atoms with van der Waals surface area (Å²) in [6.45, 7) is 2.02. The molecule has 0 saturated heterocycles. The molecule has 0 aliphatic carbocycles. The zero-order valence-corrected chi connectivity index (χ0v) is 12.8. The Labute approximate surface area is 131 Å². The van der Waals surface area contributed by atoms with Crippen LogP contribution in [-0.4, -0.2) is 21.6 Å². The third kappa shape index (κ3) is 2.12. The fourth-order valence-electron chi connectivity index (χ4n) is 2.75. The maximum absolute atomic E-state index is 11.4. The van der Waals surface area contributed by atoms with Gasteiger partial charge in [-0.05, 0) is 17.5 Å². The average Bonchev–Trinajstić information content (AvgIpc) is 3.16. The molecule has 1 aromatic carbocycles. The van der Waals surface area contributed by atoms with Gasteiger partial charge in [0.05, 0.1) is 21.6 Å². The number of aromatic nitrogens is 2. The molecular formula is C16H14N4OS. The number of nitrogens with zero attached hydrogens (tertiary/aromatic N) is 2. The zero-order valence-electron chi connectivity index (χ0n) is 12.0. The van der Waals surface area contributed by atoms with E-state index >= 15 is 0 Å². The molecule has 0 spiro atoms. The molecule has 3 aromatic rings. The largest absolute Gasteiger partial charge is 0.337 e. The van der Waals surface area contributed by atoms with Gasteiger partial charge in [-0.15, -0.1) is 11.3 Å². The molecule has 110 valence electrons. The summed E-state index contributed by atoms with van der Waals surface area (Å²) >= 11 is 1.65. The SMILES string of the molecule is CC1CC(=O)NN=C1c1cccc2[nH]c(-c3cccs3)nc12. The van der Waals surface area contributed by atoms with Gasteiger partial charge in [-0.1, -0.05) is 25.1 Å². The van der Waals surface area contributed by atoms with Crippen molar-refractivity contribution in [3.05, 3.63) is 41.3 Å². The van der Waals surface area contributed by atoms with E-state index in [2.05, 4.69) is 15.5 Å². The molecule has 3 heterocycles. The highest BCUT2D eigenvalue weighted by Gasteiger charge is 2.24. The van der Waals surface area contributed by atoms with E-state index in [1.54, 1.807) is 11.3 Å². The molecule has 2 aromatic heterocycles. The Morgan fingerprint density at radius 2 is 2.18 bits per heavy atom. The second kappa shape index (κ2) is 5.06. The lowest BCUT2D eigenvalue weighted by Gasteiger charge is -2.19. The number of benzene rings is 1. The summed E-state index contributed by atoms with van der Waals surface area (Å²) in [6, 6.07) is 10.1. The van der Waals surface area contributed by atoms with Gasteiger partial charge < -0.3 is 4.98 Å². The number of hydrogen-bond donors (Lipinski definition) is 2. The number of aromatic amines is 1. The number of fused-ring (bicyclic) bond motifs is 1. The number of imidazole rings is 1. The minimum Gasteiger partial charge on any atom is -0.337 e. The Morgan fingerprint density at radius 3 is 2.95 bits per heavy atom. The smallest absolute Gasteiger partial charge is 0.240 e. The highest BCUT2D eigenvalue weighted by Crippen LogP contribution is 2.28. The van der Waals surface area contributed by atoms with Crippen molar-refractivity contribution in [1.29, 1.82) is 0 Å². The predicted molar refractivity (Wildman–Crippen MR) is 87.9 cm³/mol.